The van der Waals surface area contributed by atoms with Crippen LogP contribution < -0.4 is 16.1 Å². The summed E-state index contributed by atoms with van der Waals surface area (Å²) in [6.07, 6.45) is -7.74. The molecule has 0 saturated carbocycles. The van der Waals surface area contributed by atoms with E-state index in [0.29, 0.717) is 0 Å². The number of phosphoric acid groups is 1. The van der Waals surface area contributed by atoms with Crippen LogP contribution in [0.5, 0.6) is 0 Å². The number of alkyl halides is 3. The van der Waals surface area contributed by atoms with Gasteiger partial charge in [0.15, 0.2) is 6.61 Å². The first-order valence-corrected chi connectivity index (χ1v) is 8.67. The molecular weight excluding hydrogens is 388 g/mol. The second-order valence-electron chi connectivity index (χ2n) is 5.51. The summed E-state index contributed by atoms with van der Waals surface area (Å²) in [6, 6.07) is 0. The molecule has 0 aromatic carbocycles. The van der Waals surface area contributed by atoms with Crippen LogP contribution >= 0.6 is 7.82 Å². The van der Waals surface area contributed by atoms with Crippen molar-refractivity contribution in [3.05, 3.63) is 32.6 Å². The number of aliphatic hydroxyl groups is 1. The molecule has 4 atom stereocenters. The summed E-state index contributed by atoms with van der Waals surface area (Å²) >= 11 is 0. The van der Waals surface area contributed by atoms with Crippen molar-refractivity contribution in [3.8, 4) is 0 Å². The van der Waals surface area contributed by atoms with Crippen LogP contribution in [0.2, 0.25) is 0 Å². The standard InChI is InChI=1S/C12H16F3N2O8P/c1-6-3-17(11(20)16-10(6)19)9-2-7(8(4-18)24-9)25-26(21,22)23-5-12(13,14)15/h3,7-9,18H,2,4-5H2,1H3,(H,21,22)(H,16,19,20)/p-1/t7-,8+,9+/m0/s1. The van der Waals surface area contributed by atoms with E-state index >= 15 is 0 Å². The monoisotopic (exact) mass is 403 g/mol. The molecule has 0 aliphatic carbocycles. The highest BCUT2D eigenvalue weighted by atomic mass is 31.2. The lowest BCUT2D eigenvalue weighted by Crippen LogP contribution is -2.33. The maximum absolute atomic E-state index is 12.1. The lowest BCUT2D eigenvalue weighted by atomic mass is 10.2. The van der Waals surface area contributed by atoms with E-state index in [0.717, 1.165) is 4.57 Å². The molecule has 2 N–H and O–H groups in total. The fourth-order valence-corrected chi connectivity index (χ4v) is 3.21. The Morgan fingerprint density at radius 2 is 2.15 bits per heavy atom. The molecule has 2 heterocycles. The Bertz CT molecular complexity index is 807. The number of aliphatic hydroxyl groups excluding tert-OH is 1. The van der Waals surface area contributed by atoms with Crippen molar-refractivity contribution >= 4 is 7.82 Å². The van der Waals surface area contributed by atoms with Crippen LogP contribution in [-0.2, 0) is 18.3 Å². The van der Waals surface area contributed by atoms with Gasteiger partial charge in [0.05, 0.1) is 12.7 Å². The molecule has 0 radical (unpaired) electrons. The van der Waals surface area contributed by atoms with Crippen LogP contribution in [0.25, 0.3) is 0 Å². The van der Waals surface area contributed by atoms with Crippen LogP contribution in [0.1, 0.15) is 18.2 Å². The van der Waals surface area contributed by atoms with Gasteiger partial charge in [0.1, 0.15) is 12.3 Å². The Hall–Kier alpha value is -1.50. The van der Waals surface area contributed by atoms with Crippen molar-refractivity contribution < 1.29 is 41.5 Å². The lowest BCUT2D eigenvalue weighted by molar-refractivity contribution is -0.245. The van der Waals surface area contributed by atoms with Crippen molar-refractivity contribution in [1.82, 2.24) is 9.55 Å². The molecule has 26 heavy (non-hydrogen) atoms. The molecule has 0 bridgehead atoms. The smallest absolute Gasteiger partial charge is 0.412 e. The topological polar surface area (TPSA) is 143 Å². The third-order valence-corrected chi connectivity index (χ3v) is 4.44. The van der Waals surface area contributed by atoms with E-state index in [1.807, 2.05) is 4.98 Å². The largest absolute Gasteiger partial charge is 0.756 e. The number of aromatic nitrogens is 2. The van der Waals surface area contributed by atoms with Crippen LogP contribution in [-0.4, -0.2) is 46.3 Å². The average molecular weight is 403 g/mol. The van der Waals surface area contributed by atoms with E-state index < -0.39 is 56.9 Å². The van der Waals surface area contributed by atoms with Gasteiger partial charge in [-0.3, -0.25) is 18.9 Å². The van der Waals surface area contributed by atoms with Crippen LogP contribution in [0, 0.1) is 6.92 Å². The number of aromatic amines is 1. The highest BCUT2D eigenvalue weighted by Crippen LogP contribution is 2.45. The summed E-state index contributed by atoms with van der Waals surface area (Å²) in [5.74, 6) is 0. The quantitative estimate of drug-likeness (QED) is 0.609. The number of aryl methyl sites for hydroxylation is 1. The molecule has 1 aromatic rings. The maximum atomic E-state index is 12.1. The van der Waals surface area contributed by atoms with Crippen molar-refractivity contribution in [2.75, 3.05) is 13.2 Å². The second-order valence-corrected chi connectivity index (χ2v) is 6.87. The summed E-state index contributed by atoms with van der Waals surface area (Å²) in [5, 5.41) is 9.26. The number of nitrogens with zero attached hydrogens (tertiary/aromatic N) is 1. The molecule has 148 valence electrons. The van der Waals surface area contributed by atoms with E-state index in [-0.39, 0.29) is 12.0 Å². The molecule has 1 aliphatic heterocycles. The van der Waals surface area contributed by atoms with Gasteiger partial charge in [-0.05, 0) is 6.92 Å². The predicted molar refractivity (Wildman–Crippen MR) is 76.2 cm³/mol. The molecule has 10 nitrogen and oxygen atoms in total. The molecule has 1 saturated heterocycles. The molecular formula is C12H15F3N2O8P-. The lowest BCUT2D eigenvalue weighted by Gasteiger charge is -2.27. The van der Waals surface area contributed by atoms with E-state index in [1.54, 1.807) is 0 Å². The fourth-order valence-electron chi connectivity index (χ4n) is 2.29. The zero-order chi connectivity index (χ0) is 19.7. The summed E-state index contributed by atoms with van der Waals surface area (Å²) in [4.78, 5) is 36.8. The summed E-state index contributed by atoms with van der Waals surface area (Å²) in [5.41, 5.74) is -1.30. The number of phosphoric ester groups is 1. The zero-order valence-corrected chi connectivity index (χ0v) is 14.2. The SMILES string of the molecule is Cc1cn([C@H]2C[C@H](OP(=O)([O-])OCC(F)(F)F)[C@@H](CO)O2)c(=O)[nH]c1=O. The molecule has 1 aromatic heterocycles. The van der Waals surface area contributed by atoms with Gasteiger partial charge in [0.2, 0.25) is 0 Å². The Balaban J connectivity index is 2.14. The summed E-state index contributed by atoms with van der Waals surface area (Å²) < 4.78 is 62.3. The van der Waals surface area contributed by atoms with Gasteiger partial charge >= 0.3 is 11.9 Å². The van der Waals surface area contributed by atoms with E-state index in [2.05, 4.69) is 9.05 Å². The van der Waals surface area contributed by atoms with Crippen LogP contribution in [0.4, 0.5) is 13.2 Å². The Morgan fingerprint density at radius 1 is 1.50 bits per heavy atom. The number of hydrogen-bond acceptors (Lipinski definition) is 8. The average Bonchev–Trinajstić information content (AvgIpc) is 2.90. The minimum Gasteiger partial charge on any atom is -0.756 e. The van der Waals surface area contributed by atoms with Gasteiger partial charge in [0.25, 0.3) is 13.4 Å². The van der Waals surface area contributed by atoms with Crippen molar-refractivity contribution in [2.45, 2.75) is 38.0 Å². The number of hydrogen-bond donors (Lipinski definition) is 2. The summed E-state index contributed by atoms with van der Waals surface area (Å²) in [6.45, 7) is -1.37. The molecule has 14 heteroatoms. The minimum atomic E-state index is -5.34. The third-order valence-electron chi connectivity index (χ3n) is 3.47. The predicted octanol–water partition coefficient (Wildman–Crippen LogP) is -0.443. The number of halogens is 3. The first-order valence-electron chi connectivity index (χ1n) is 7.21. The number of H-pyrrole nitrogens is 1. The molecule has 0 amide bonds. The van der Waals surface area contributed by atoms with Gasteiger partial charge < -0.3 is 23.8 Å². The Kier molecular flexibility index (Phi) is 6.10. The van der Waals surface area contributed by atoms with Gasteiger partial charge in [-0.15, -0.1) is 0 Å². The van der Waals surface area contributed by atoms with Crippen LogP contribution in [0.3, 0.4) is 0 Å². The minimum absolute atomic E-state index is 0.168. The molecule has 1 fully saturated rings. The van der Waals surface area contributed by atoms with Gasteiger partial charge in [-0.2, -0.15) is 13.2 Å². The summed E-state index contributed by atoms with van der Waals surface area (Å²) in [7, 11) is -5.34. The Morgan fingerprint density at radius 3 is 2.73 bits per heavy atom. The first kappa shape index (κ1) is 20.8. The fraction of sp³-hybridized carbons (Fsp3) is 0.667. The highest BCUT2D eigenvalue weighted by molar-refractivity contribution is 7.45. The van der Waals surface area contributed by atoms with E-state index in [4.69, 9.17) is 4.74 Å². The van der Waals surface area contributed by atoms with Crippen molar-refractivity contribution in [1.29, 1.82) is 0 Å². The van der Waals surface area contributed by atoms with Gasteiger partial charge in [-0.25, -0.2) is 4.79 Å². The molecule has 1 aliphatic rings. The second kappa shape index (κ2) is 7.62. The highest BCUT2D eigenvalue weighted by Gasteiger charge is 2.40. The third kappa shape index (κ3) is 5.25. The number of ether oxygens (including phenoxy) is 1. The zero-order valence-electron chi connectivity index (χ0n) is 13.3. The molecule has 1 unspecified atom stereocenters. The van der Waals surface area contributed by atoms with Crippen molar-refractivity contribution in [2.24, 2.45) is 0 Å². The number of rotatable bonds is 6. The normalized spacial score (nSPS) is 26.0. The maximum Gasteiger partial charge on any atom is 0.412 e. The van der Waals surface area contributed by atoms with Crippen molar-refractivity contribution in [3.63, 3.8) is 0 Å². The van der Waals surface area contributed by atoms with Crippen LogP contribution in [0.15, 0.2) is 15.8 Å². The van der Waals surface area contributed by atoms with Gasteiger partial charge in [-0.1, -0.05) is 0 Å². The molecule has 0 spiro atoms. The number of nitrogens with one attached hydrogen (secondary N) is 1. The van der Waals surface area contributed by atoms with E-state index in [1.165, 1.54) is 13.1 Å². The first-order chi connectivity index (χ1) is 11.9. The molecule has 2 rings (SSSR count). The Labute approximate surface area is 143 Å². The van der Waals surface area contributed by atoms with Gasteiger partial charge in [0, 0.05) is 18.2 Å². The van der Waals surface area contributed by atoms with E-state index in [9.17, 15) is 37.3 Å².